The van der Waals surface area contributed by atoms with Crippen molar-refractivity contribution in [3.05, 3.63) is 11.6 Å². The fraction of sp³-hybridized carbons (Fsp3) is 0.800. The van der Waals surface area contributed by atoms with Crippen LogP contribution in [0.1, 0.15) is 27.2 Å². The van der Waals surface area contributed by atoms with Gasteiger partial charge in [0, 0.05) is 31.8 Å². The number of nitrogens with zero attached hydrogens (tertiary/aromatic N) is 1. The van der Waals surface area contributed by atoms with Crippen molar-refractivity contribution < 1.29 is 14.0 Å². The van der Waals surface area contributed by atoms with E-state index in [-0.39, 0.29) is 11.0 Å². The highest BCUT2D eigenvalue weighted by Crippen LogP contribution is 2.36. The van der Waals surface area contributed by atoms with Crippen molar-refractivity contribution in [2.24, 2.45) is 0 Å². The topological polar surface area (TPSA) is 38.8 Å². The minimum absolute atomic E-state index is 0.208. The standard InChI is InChI=1S/C15H29NO3Si/c1-15(2,3)20(5,6)19-11-10-16-9-7-8-13(12-16)14(17)18-4/h8H,7,9-12H2,1-6H3. The van der Waals surface area contributed by atoms with Crippen LogP contribution in [0.2, 0.25) is 18.1 Å². The molecule has 0 unspecified atom stereocenters. The Morgan fingerprint density at radius 1 is 1.40 bits per heavy atom. The maximum atomic E-state index is 11.5. The predicted octanol–water partition coefficient (Wildman–Crippen LogP) is 2.81. The molecule has 0 aromatic carbocycles. The number of carbonyl (C=O) groups is 1. The van der Waals surface area contributed by atoms with Crippen molar-refractivity contribution in [2.75, 3.05) is 33.4 Å². The van der Waals surface area contributed by atoms with Crippen molar-refractivity contribution in [3.8, 4) is 0 Å². The molecule has 1 aliphatic rings. The summed E-state index contributed by atoms with van der Waals surface area (Å²) in [6.45, 7) is 14.6. The first-order chi connectivity index (χ1) is 9.17. The Bertz CT molecular complexity index is 372. The quantitative estimate of drug-likeness (QED) is 0.578. The molecule has 20 heavy (non-hydrogen) atoms. The monoisotopic (exact) mass is 299 g/mol. The van der Waals surface area contributed by atoms with Crippen LogP contribution in [0.15, 0.2) is 11.6 Å². The molecule has 1 aliphatic heterocycles. The van der Waals surface area contributed by atoms with Gasteiger partial charge in [-0.15, -0.1) is 0 Å². The summed E-state index contributed by atoms with van der Waals surface area (Å²) >= 11 is 0. The first kappa shape index (κ1) is 17.4. The lowest BCUT2D eigenvalue weighted by molar-refractivity contribution is -0.136. The van der Waals surface area contributed by atoms with Crippen LogP contribution in [0.4, 0.5) is 0 Å². The van der Waals surface area contributed by atoms with Crippen molar-refractivity contribution in [2.45, 2.75) is 45.3 Å². The molecule has 5 heteroatoms. The van der Waals surface area contributed by atoms with Crippen molar-refractivity contribution in [1.29, 1.82) is 0 Å². The molecule has 0 spiro atoms. The molecule has 1 rings (SSSR count). The molecule has 0 bridgehead atoms. The minimum Gasteiger partial charge on any atom is -0.466 e. The van der Waals surface area contributed by atoms with Crippen molar-refractivity contribution in [3.63, 3.8) is 0 Å². The van der Waals surface area contributed by atoms with E-state index in [0.717, 1.165) is 31.7 Å². The van der Waals surface area contributed by atoms with Gasteiger partial charge in [-0.25, -0.2) is 4.79 Å². The van der Waals surface area contributed by atoms with Gasteiger partial charge < -0.3 is 9.16 Å². The first-order valence-corrected chi connectivity index (χ1v) is 10.2. The van der Waals surface area contributed by atoms with E-state index in [9.17, 15) is 4.79 Å². The number of ether oxygens (including phenoxy) is 1. The van der Waals surface area contributed by atoms with Gasteiger partial charge in [0.15, 0.2) is 8.32 Å². The summed E-state index contributed by atoms with van der Waals surface area (Å²) in [6, 6.07) is 0. The van der Waals surface area contributed by atoms with E-state index >= 15 is 0 Å². The van der Waals surface area contributed by atoms with E-state index in [4.69, 9.17) is 9.16 Å². The third kappa shape index (κ3) is 4.72. The Morgan fingerprint density at radius 2 is 2.05 bits per heavy atom. The lowest BCUT2D eigenvalue weighted by Crippen LogP contribution is -2.43. The van der Waals surface area contributed by atoms with Crippen LogP contribution >= 0.6 is 0 Å². The fourth-order valence-corrected chi connectivity index (χ4v) is 2.96. The van der Waals surface area contributed by atoms with Crippen LogP contribution < -0.4 is 0 Å². The molecule has 0 N–H and O–H groups in total. The van der Waals surface area contributed by atoms with Gasteiger partial charge in [-0.05, 0) is 24.6 Å². The van der Waals surface area contributed by atoms with Gasteiger partial charge in [0.1, 0.15) is 0 Å². The molecular formula is C15H29NO3Si. The van der Waals surface area contributed by atoms with Crippen LogP contribution in [0, 0.1) is 0 Å². The normalized spacial score (nSPS) is 17.8. The van der Waals surface area contributed by atoms with Gasteiger partial charge in [-0.2, -0.15) is 0 Å². The van der Waals surface area contributed by atoms with Crippen molar-refractivity contribution in [1.82, 2.24) is 4.90 Å². The molecule has 0 radical (unpaired) electrons. The lowest BCUT2D eigenvalue weighted by Gasteiger charge is -2.37. The zero-order valence-corrected chi connectivity index (χ0v) is 14.8. The molecule has 0 amide bonds. The molecular weight excluding hydrogens is 270 g/mol. The van der Waals surface area contributed by atoms with E-state index in [0.29, 0.717) is 6.54 Å². The summed E-state index contributed by atoms with van der Waals surface area (Å²) in [7, 11) is -0.235. The molecule has 0 fully saturated rings. The van der Waals surface area contributed by atoms with E-state index in [1.807, 2.05) is 6.08 Å². The Morgan fingerprint density at radius 3 is 2.60 bits per heavy atom. The number of hydrogen-bond donors (Lipinski definition) is 0. The maximum Gasteiger partial charge on any atom is 0.334 e. The smallest absolute Gasteiger partial charge is 0.334 e. The Labute approximate surface area is 124 Å². The molecule has 4 nitrogen and oxygen atoms in total. The molecule has 0 aromatic rings. The largest absolute Gasteiger partial charge is 0.466 e. The molecule has 0 atom stereocenters. The molecule has 0 aliphatic carbocycles. The summed E-state index contributed by atoms with van der Waals surface area (Å²) in [6.07, 6.45) is 2.89. The van der Waals surface area contributed by atoms with E-state index in [1.54, 1.807) is 0 Å². The third-order valence-electron chi connectivity index (χ3n) is 4.35. The Kier molecular flexibility index (Phi) is 5.98. The average molecular weight is 299 g/mol. The summed E-state index contributed by atoms with van der Waals surface area (Å²) in [5.74, 6) is -0.208. The average Bonchev–Trinajstić information content (AvgIpc) is 2.36. The first-order valence-electron chi connectivity index (χ1n) is 7.31. The summed E-state index contributed by atoms with van der Waals surface area (Å²) in [4.78, 5) is 13.8. The highest BCUT2D eigenvalue weighted by atomic mass is 28.4. The third-order valence-corrected chi connectivity index (χ3v) is 8.89. The molecule has 0 aromatic heterocycles. The van der Waals surface area contributed by atoms with Gasteiger partial charge in [0.25, 0.3) is 0 Å². The van der Waals surface area contributed by atoms with Crippen LogP contribution in [-0.4, -0.2) is 52.5 Å². The van der Waals surface area contributed by atoms with Gasteiger partial charge in [0.05, 0.1) is 7.11 Å². The lowest BCUT2D eigenvalue weighted by atomic mass is 10.1. The molecule has 1 heterocycles. The summed E-state index contributed by atoms with van der Waals surface area (Å²) < 4.78 is 11.0. The second kappa shape index (κ2) is 6.87. The van der Waals surface area contributed by atoms with E-state index < -0.39 is 8.32 Å². The fourth-order valence-electron chi connectivity index (χ4n) is 1.92. The Balaban J connectivity index is 2.41. The van der Waals surface area contributed by atoms with Gasteiger partial charge >= 0.3 is 5.97 Å². The van der Waals surface area contributed by atoms with Crippen LogP contribution in [-0.2, 0) is 14.0 Å². The maximum absolute atomic E-state index is 11.5. The predicted molar refractivity (Wildman–Crippen MR) is 84.3 cm³/mol. The number of methoxy groups -OCH3 is 1. The number of hydrogen-bond acceptors (Lipinski definition) is 4. The number of esters is 1. The zero-order chi connectivity index (χ0) is 15.4. The highest BCUT2D eigenvalue weighted by molar-refractivity contribution is 6.74. The zero-order valence-electron chi connectivity index (χ0n) is 13.8. The van der Waals surface area contributed by atoms with Gasteiger partial charge in [-0.1, -0.05) is 26.8 Å². The molecule has 0 saturated carbocycles. The van der Waals surface area contributed by atoms with Crippen LogP contribution in [0.25, 0.3) is 0 Å². The number of carbonyl (C=O) groups excluding carboxylic acids is 1. The number of rotatable bonds is 5. The van der Waals surface area contributed by atoms with Crippen LogP contribution in [0.5, 0.6) is 0 Å². The SMILES string of the molecule is COC(=O)C1=CCCN(CCO[Si](C)(C)C(C)(C)C)C1. The van der Waals surface area contributed by atoms with Gasteiger partial charge in [0.2, 0.25) is 0 Å². The van der Waals surface area contributed by atoms with E-state index in [1.165, 1.54) is 7.11 Å². The molecule has 116 valence electrons. The summed E-state index contributed by atoms with van der Waals surface area (Å²) in [5, 5.41) is 0.242. The van der Waals surface area contributed by atoms with Crippen molar-refractivity contribution >= 4 is 14.3 Å². The van der Waals surface area contributed by atoms with Crippen LogP contribution in [0.3, 0.4) is 0 Å². The highest BCUT2D eigenvalue weighted by Gasteiger charge is 2.37. The Hall–Kier alpha value is -0.653. The second-order valence-electron chi connectivity index (χ2n) is 6.89. The van der Waals surface area contributed by atoms with Gasteiger partial charge in [-0.3, -0.25) is 4.90 Å². The molecule has 0 saturated heterocycles. The van der Waals surface area contributed by atoms with E-state index in [2.05, 4.69) is 38.8 Å². The minimum atomic E-state index is -1.67. The second-order valence-corrected chi connectivity index (χ2v) is 11.7. The summed E-state index contributed by atoms with van der Waals surface area (Å²) in [5.41, 5.74) is 0.770.